The van der Waals surface area contributed by atoms with Crippen LogP contribution < -0.4 is 9.47 Å². The molecule has 1 aromatic heterocycles. The molecule has 0 aliphatic carbocycles. The number of ether oxygens (including phenoxy) is 3. The number of aromatic nitrogens is 1. The van der Waals surface area contributed by atoms with Crippen molar-refractivity contribution in [2.75, 3.05) is 13.2 Å². The highest BCUT2D eigenvalue weighted by molar-refractivity contribution is 6.30. The van der Waals surface area contributed by atoms with E-state index in [9.17, 15) is 4.79 Å². The van der Waals surface area contributed by atoms with Gasteiger partial charge in [-0.1, -0.05) is 29.8 Å². The summed E-state index contributed by atoms with van der Waals surface area (Å²) in [4.78, 5) is 16.7. The first-order valence-electron chi connectivity index (χ1n) is 8.32. The monoisotopic (exact) mass is 369 g/mol. The van der Waals surface area contributed by atoms with E-state index in [2.05, 4.69) is 4.98 Å². The van der Waals surface area contributed by atoms with Crippen molar-refractivity contribution in [2.45, 2.75) is 13.0 Å². The van der Waals surface area contributed by atoms with Crippen LogP contribution in [-0.2, 0) is 11.3 Å². The lowest BCUT2D eigenvalue weighted by molar-refractivity contribution is 0.0472. The summed E-state index contributed by atoms with van der Waals surface area (Å²) in [5.74, 6) is 0.744. The summed E-state index contributed by atoms with van der Waals surface area (Å²) in [6, 6.07) is 14.6. The van der Waals surface area contributed by atoms with E-state index in [4.69, 9.17) is 25.8 Å². The number of hydrogen-bond donors (Lipinski definition) is 0. The molecule has 0 fully saturated rings. The zero-order valence-electron chi connectivity index (χ0n) is 13.9. The third kappa shape index (κ3) is 3.44. The molecule has 0 atom stereocenters. The van der Waals surface area contributed by atoms with Crippen molar-refractivity contribution in [3.8, 4) is 11.5 Å². The number of carbonyl (C=O) groups excluding carboxylic acids is 1. The van der Waals surface area contributed by atoms with Gasteiger partial charge in [0.1, 0.15) is 11.8 Å². The second-order valence-corrected chi connectivity index (χ2v) is 6.28. The van der Waals surface area contributed by atoms with Crippen molar-refractivity contribution in [1.29, 1.82) is 0 Å². The molecule has 0 N–H and O–H groups in total. The molecular weight excluding hydrogens is 354 g/mol. The van der Waals surface area contributed by atoms with Crippen LogP contribution in [0.4, 0.5) is 0 Å². The number of hydrogen-bond acceptors (Lipinski definition) is 5. The molecule has 0 unspecified atom stereocenters. The lowest BCUT2D eigenvalue weighted by Crippen LogP contribution is -2.06. The van der Waals surface area contributed by atoms with E-state index in [-0.39, 0.29) is 6.61 Å². The maximum absolute atomic E-state index is 12.4. The van der Waals surface area contributed by atoms with E-state index in [1.165, 1.54) is 0 Å². The maximum atomic E-state index is 12.4. The van der Waals surface area contributed by atoms with Gasteiger partial charge in [-0.05, 0) is 30.3 Å². The second-order valence-electron chi connectivity index (χ2n) is 5.92. The average molecular weight is 370 g/mol. The molecule has 0 spiro atoms. The number of nitrogens with zero attached hydrogens (tertiary/aromatic N) is 1. The Hall–Kier alpha value is -2.79. The predicted molar refractivity (Wildman–Crippen MR) is 97.9 cm³/mol. The zero-order valence-corrected chi connectivity index (χ0v) is 14.7. The number of rotatable bonds is 3. The van der Waals surface area contributed by atoms with E-state index < -0.39 is 5.97 Å². The number of carbonyl (C=O) groups is 1. The number of benzene rings is 2. The highest BCUT2D eigenvalue weighted by atomic mass is 35.5. The van der Waals surface area contributed by atoms with Crippen molar-refractivity contribution in [3.05, 3.63) is 64.8 Å². The molecule has 0 bridgehead atoms. The highest BCUT2D eigenvalue weighted by Gasteiger charge is 2.16. The van der Waals surface area contributed by atoms with Gasteiger partial charge in [0.15, 0.2) is 11.5 Å². The van der Waals surface area contributed by atoms with E-state index in [0.29, 0.717) is 41.0 Å². The Morgan fingerprint density at radius 3 is 2.77 bits per heavy atom. The highest BCUT2D eigenvalue weighted by Crippen LogP contribution is 2.31. The Kier molecular flexibility index (Phi) is 4.63. The van der Waals surface area contributed by atoms with Crippen molar-refractivity contribution in [1.82, 2.24) is 4.98 Å². The molecule has 2 heterocycles. The van der Waals surface area contributed by atoms with Crippen LogP contribution >= 0.6 is 11.6 Å². The molecule has 0 radical (unpaired) electrons. The van der Waals surface area contributed by atoms with Gasteiger partial charge in [0.2, 0.25) is 0 Å². The predicted octanol–water partition coefficient (Wildman–Crippen LogP) is 4.41. The molecule has 1 aliphatic rings. The van der Waals surface area contributed by atoms with Crippen molar-refractivity contribution in [3.63, 3.8) is 0 Å². The minimum atomic E-state index is -0.454. The number of halogens is 1. The number of para-hydroxylation sites is 1. The van der Waals surface area contributed by atoms with Crippen LogP contribution in [-0.4, -0.2) is 24.2 Å². The minimum Gasteiger partial charge on any atom is -0.490 e. The number of esters is 1. The molecule has 6 heteroatoms. The average Bonchev–Trinajstić information content (AvgIpc) is 2.90. The molecule has 1 aliphatic heterocycles. The standard InChI is InChI=1S/C20H16ClNO4/c21-19-15(10-13-4-1-2-5-16(13)22-19)12-26-20(23)14-6-7-17-18(11-14)25-9-3-8-24-17/h1-2,4-7,10-11H,3,8-9,12H2. The van der Waals surface area contributed by atoms with E-state index in [0.717, 1.165) is 17.3 Å². The van der Waals surface area contributed by atoms with Gasteiger partial charge >= 0.3 is 5.97 Å². The van der Waals surface area contributed by atoms with Gasteiger partial charge in [0, 0.05) is 17.4 Å². The fourth-order valence-electron chi connectivity index (χ4n) is 2.75. The lowest BCUT2D eigenvalue weighted by atomic mass is 10.1. The maximum Gasteiger partial charge on any atom is 0.338 e. The molecule has 5 nitrogen and oxygen atoms in total. The van der Waals surface area contributed by atoms with Crippen LogP contribution in [0.3, 0.4) is 0 Å². The molecule has 4 rings (SSSR count). The number of fused-ring (bicyclic) bond motifs is 2. The Morgan fingerprint density at radius 1 is 1.08 bits per heavy atom. The van der Waals surface area contributed by atoms with Crippen LogP contribution in [0.2, 0.25) is 5.15 Å². The van der Waals surface area contributed by atoms with Crippen LogP contribution in [0, 0.1) is 0 Å². The van der Waals surface area contributed by atoms with Gasteiger partial charge in [-0.25, -0.2) is 9.78 Å². The van der Waals surface area contributed by atoms with Gasteiger partial charge in [0.25, 0.3) is 0 Å². The van der Waals surface area contributed by atoms with Crippen molar-refractivity contribution >= 4 is 28.5 Å². The summed E-state index contributed by atoms with van der Waals surface area (Å²) in [6.07, 6.45) is 0.807. The quantitative estimate of drug-likeness (QED) is 0.505. The summed E-state index contributed by atoms with van der Waals surface area (Å²) in [6.45, 7) is 1.21. The van der Waals surface area contributed by atoms with Gasteiger partial charge in [0.05, 0.1) is 24.3 Å². The Labute approximate surface area is 155 Å². The van der Waals surface area contributed by atoms with Gasteiger partial charge < -0.3 is 14.2 Å². The lowest BCUT2D eigenvalue weighted by Gasteiger charge is -2.10. The summed E-state index contributed by atoms with van der Waals surface area (Å²) in [5, 5.41) is 1.27. The summed E-state index contributed by atoms with van der Waals surface area (Å²) < 4.78 is 16.6. The Bertz CT molecular complexity index is 973. The molecule has 0 amide bonds. The smallest absolute Gasteiger partial charge is 0.338 e. The van der Waals surface area contributed by atoms with Crippen LogP contribution in [0.1, 0.15) is 22.3 Å². The SMILES string of the molecule is O=C(OCc1cc2ccccc2nc1Cl)c1ccc2c(c1)OCCCO2. The fourth-order valence-corrected chi connectivity index (χ4v) is 2.95. The summed E-state index contributed by atoms with van der Waals surface area (Å²) in [5.41, 5.74) is 1.86. The summed E-state index contributed by atoms with van der Waals surface area (Å²) >= 11 is 6.21. The van der Waals surface area contributed by atoms with Gasteiger partial charge in [-0.3, -0.25) is 0 Å². The molecule has 0 saturated carbocycles. The first kappa shape index (κ1) is 16.7. The van der Waals surface area contributed by atoms with Crippen molar-refractivity contribution < 1.29 is 19.0 Å². The largest absolute Gasteiger partial charge is 0.490 e. The molecule has 2 aromatic carbocycles. The second kappa shape index (κ2) is 7.22. The first-order chi connectivity index (χ1) is 12.7. The van der Waals surface area contributed by atoms with Gasteiger partial charge in [-0.2, -0.15) is 0 Å². The minimum absolute atomic E-state index is 0.0456. The fraction of sp³-hybridized carbons (Fsp3) is 0.200. The van der Waals surface area contributed by atoms with E-state index in [1.54, 1.807) is 18.2 Å². The van der Waals surface area contributed by atoms with Crippen LogP contribution in [0.15, 0.2) is 48.5 Å². The molecular formula is C20H16ClNO4. The third-order valence-electron chi connectivity index (χ3n) is 4.09. The first-order valence-corrected chi connectivity index (χ1v) is 8.69. The molecule has 3 aromatic rings. The normalized spacial score (nSPS) is 13.3. The van der Waals surface area contributed by atoms with E-state index >= 15 is 0 Å². The molecule has 132 valence electrons. The van der Waals surface area contributed by atoms with Crippen molar-refractivity contribution in [2.24, 2.45) is 0 Å². The molecule has 26 heavy (non-hydrogen) atoms. The summed E-state index contributed by atoms with van der Waals surface area (Å²) in [7, 11) is 0. The van der Waals surface area contributed by atoms with Crippen LogP contribution in [0.5, 0.6) is 11.5 Å². The number of pyridine rings is 1. The zero-order chi connectivity index (χ0) is 17.9. The molecule has 0 saturated heterocycles. The van der Waals surface area contributed by atoms with Gasteiger partial charge in [-0.15, -0.1) is 0 Å². The van der Waals surface area contributed by atoms with Crippen LogP contribution in [0.25, 0.3) is 10.9 Å². The van der Waals surface area contributed by atoms with E-state index in [1.807, 2.05) is 30.3 Å². The Balaban J connectivity index is 1.50. The Morgan fingerprint density at radius 2 is 1.88 bits per heavy atom. The third-order valence-corrected chi connectivity index (χ3v) is 4.42. The topological polar surface area (TPSA) is 57.7 Å².